The quantitative estimate of drug-likeness (QED) is 0.381. The number of ether oxygens (including phenoxy) is 1. The average Bonchev–Trinajstić information content (AvgIpc) is 3.58. The van der Waals surface area contributed by atoms with Crippen LogP contribution in [0.4, 0.5) is 4.39 Å². The van der Waals surface area contributed by atoms with Crippen LogP contribution in [0.5, 0.6) is 0 Å². The Bertz CT molecular complexity index is 1360. The number of rotatable bonds is 7. The summed E-state index contributed by atoms with van der Waals surface area (Å²) in [6.07, 6.45) is 11.9. The molecule has 4 aromatic rings. The third-order valence-corrected chi connectivity index (χ3v) is 6.73. The van der Waals surface area contributed by atoms with E-state index in [1.54, 1.807) is 29.0 Å². The molecule has 1 amide bonds. The van der Waals surface area contributed by atoms with Gasteiger partial charge in [-0.3, -0.25) is 4.79 Å². The standard InChI is InChI=1S/C26H27FN6O3/c1-36-26(35)22(11-19-12-28-15-30-19)32-25(34)21-14-31-33-23(17-5-3-2-4-6-17)20(13-29-24(21)33)16-7-9-18(27)10-8-16/h7-10,12-15,17,22H,2-6,11H2,1H3,(H,28,30)(H,32,34)/t22-/m0/s1. The molecule has 36 heavy (non-hydrogen) atoms. The zero-order valence-corrected chi connectivity index (χ0v) is 19.9. The molecule has 1 fully saturated rings. The molecule has 3 aromatic heterocycles. The topological polar surface area (TPSA) is 114 Å². The van der Waals surface area contributed by atoms with Crippen molar-refractivity contribution in [3.8, 4) is 11.1 Å². The number of hydrogen-bond donors (Lipinski definition) is 2. The highest BCUT2D eigenvalue weighted by Crippen LogP contribution is 2.38. The van der Waals surface area contributed by atoms with Crippen molar-refractivity contribution in [2.24, 2.45) is 0 Å². The Balaban J connectivity index is 1.52. The largest absolute Gasteiger partial charge is 0.467 e. The number of carbonyl (C=O) groups excluding carboxylic acids is 2. The summed E-state index contributed by atoms with van der Waals surface area (Å²) in [6.45, 7) is 0. The lowest BCUT2D eigenvalue weighted by molar-refractivity contribution is -0.142. The van der Waals surface area contributed by atoms with Gasteiger partial charge in [0.2, 0.25) is 0 Å². The molecule has 1 saturated carbocycles. The second-order valence-electron chi connectivity index (χ2n) is 9.02. The highest BCUT2D eigenvalue weighted by atomic mass is 19.1. The van der Waals surface area contributed by atoms with E-state index in [-0.39, 0.29) is 23.7 Å². The van der Waals surface area contributed by atoms with Gasteiger partial charge in [0.25, 0.3) is 5.91 Å². The minimum atomic E-state index is -0.908. The summed E-state index contributed by atoms with van der Waals surface area (Å²) in [5, 5.41) is 7.31. The van der Waals surface area contributed by atoms with Gasteiger partial charge < -0.3 is 15.0 Å². The van der Waals surface area contributed by atoms with Gasteiger partial charge in [-0.05, 0) is 30.5 Å². The maximum Gasteiger partial charge on any atom is 0.328 e. The third kappa shape index (κ3) is 4.71. The Morgan fingerprint density at radius 1 is 1.17 bits per heavy atom. The zero-order valence-electron chi connectivity index (χ0n) is 19.9. The summed E-state index contributed by atoms with van der Waals surface area (Å²) < 4.78 is 20.2. The van der Waals surface area contributed by atoms with E-state index >= 15 is 0 Å². The molecule has 0 aliphatic heterocycles. The van der Waals surface area contributed by atoms with Crippen LogP contribution in [-0.4, -0.2) is 49.6 Å². The Hall–Kier alpha value is -4.08. The number of aromatic nitrogens is 5. The average molecular weight is 491 g/mol. The van der Waals surface area contributed by atoms with Crippen LogP contribution in [0.1, 0.15) is 59.8 Å². The van der Waals surface area contributed by atoms with Gasteiger partial charge in [-0.25, -0.2) is 23.7 Å². The number of nitrogens with zero attached hydrogens (tertiary/aromatic N) is 4. The fourth-order valence-corrected chi connectivity index (χ4v) is 4.92. The molecule has 2 N–H and O–H groups in total. The summed E-state index contributed by atoms with van der Waals surface area (Å²) in [5.41, 5.74) is 4.04. The first-order valence-electron chi connectivity index (χ1n) is 12.0. The van der Waals surface area contributed by atoms with Crippen molar-refractivity contribution in [3.05, 3.63) is 72.0 Å². The molecule has 1 aliphatic rings. The van der Waals surface area contributed by atoms with Gasteiger partial charge in [0.1, 0.15) is 17.4 Å². The fourth-order valence-electron chi connectivity index (χ4n) is 4.92. The lowest BCUT2D eigenvalue weighted by Crippen LogP contribution is -2.43. The van der Waals surface area contributed by atoms with Gasteiger partial charge in [-0.15, -0.1) is 0 Å². The molecule has 1 atom stereocenters. The molecular formula is C26H27FN6O3. The number of methoxy groups -OCH3 is 1. The number of hydrogen-bond acceptors (Lipinski definition) is 6. The molecule has 9 nitrogen and oxygen atoms in total. The van der Waals surface area contributed by atoms with E-state index < -0.39 is 17.9 Å². The number of fused-ring (bicyclic) bond motifs is 1. The molecule has 0 bridgehead atoms. The predicted molar refractivity (Wildman–Crippen MR) is 130 cm³/mol. The number of halogens is 1. The van der Waals surface area contributed by atoms with Crippen LogP contribution in [0.25, 0.3) is 16.8 Å². The molecule has 0 spiro atoms. The Morgan fingerprint density at radius 2 is 1.94 bits per heavy atom. The normalized spacial score (nSPS) is 15.1. The number of imidazole rings is 1. The van der Waals surface area contributed by atoms with Crippen LogP contribution in [0.2, 0.25) is 0 Å². The van der Waals surface area contributed by atoms with Crippen LogP contribution in [-0.2, 0) is 16.0 Å². The van der Waals surface area contributed by atoms with Crippen molar-refractivity contribution >= 4 is 17.5 Å². The van der Waals surface area contributed by atoms with E-state index in [0.29, 0.717) is 11.3 Å². The van der Waals surface area contributed by atoms with Crippen molar-refractivity contribution < 1.29 is 18.7 Å². The van der Waals surface area contributed by atoms with Crippen LogP contribution < -0.4 is 5.32 Å². The van der Waals surface area contributed by atoms with E-state index in [0.717, 1.165) is 42.5 Å². The maximum atomic E-state index is 13.6. The van der Waals surface area contributed by atoms with Crippen molar-refractivity contribution in [2.45, 2.75) is 50.5 Å². The Labute approximate surface area is 207 Å². The number of carbonyl (C=O) groups is 2. The summed E-state index contributed by atoms with van der Waals surface area (Å²) in [7, 11) is 1.28. The van der Waals surface area contributed by atoms with E-state index in [4.69, 9.17) is 4.74 Å². The molecule has 3 heterocycles. The maximum absolute atomic E-state index is 13.6. The first kappa shape index (κ1) is 23.7. The molecule has 1 aromatic carbocycles. The number of aromatic amines is 1. The molecule has 186 valence electrons. The van der Waals surface area contributed by atoms with Gasteiger partial charge in [-0.1, -0.05) is 31.4 Å². The fraction of sp³-hybridized carbons (Fsp3) is 0.346. The first-order chi connectivity index (χ1) is 17.5. The molecule has 0 unspecified atom stereocenters. The van der Waals surface area contributed by atoms with E-state index in [2.05, 4.69) is 25.4 Å². The van der Waals surface area contributed by atoms with Crippen LogP contribution in [0, 0.1) is 5.82 Å². The van der Waals surface area contributed by atoms with Gasteiger partial charge in [-0.2, -0.15) is 5.10 Å². The van der Waals surface area contributed by atoms with Crippen molar-refractivity contribution in [1.29, 1.82) is 0 Å². The van der Waals surface area contributed by atoms with Gasteiger partial charge in [0.15, 0.2) is 5.65 Å². The number of H-pyrrole nitrogens is 1. The molecule has 10 heteroatoms. The monoisotopic (exact) mass is 490 g/mol. The van der Waals surface area contributed by atoms with E-state index in [1.165, 1.54) is 38.2 Å². The SMILES string of the molecule is COC(=O)[C@H](Cc1cnc[nH]1)NC(=O)c1cnn2c(C3CCCCC3)c(-c3ccc(F)cc3)cnc12. The second kappa shape index (κ2) is 10.3. The van der Waals surface area contributed by atoms with Crippen molar-refractivity contribution in [2.75, 3.05) is 7.11 Å². The second-order valence-corrected chi connectivity index (χ2v) is 9.02. The lowest BCUT2D eigenvalue weighted by atomic mass is 9.84. The highest BCUT2D eigenvalue weighted by Gasteiger charge is 2.28. The molecule has 0 radical (unpaired) electrons. The molecule has 1 aliphatic carbocycles. The van der Waals surface area contributed by atoms with Crippen LogP contribution in [0.15, 0.2) is 49.2 Å². The predicted octanol–water partition coefficient (Wildman–Crippen LogP) is 3.82. The third-order valence-electron chi connectivity index (χ3n) is 6.73. The molecule has 0 saturated heterocycles. The van der Waals surface area contributed by atoms with Crippen molar-refractivity contribution in [3.63, 3.8) is 0 Å². The first-order valence-corrected chi connectivity index (χ1v) is 12.0. The zero-order chi connectivity index (χ0) is 25.1. The van der Waals surface area contributed by atoms with E-state index in [9.17, 15) is 14.0 Å². The van der Waals surface area contributed by atoms with E-state index in [1.807, 2.05) is 0 Å². The number of benzene rings is 1. The number of esters is 1. The van der Waals surface area contributed by atoms with Crippen LogP contribution in [0.3, 0.4) is 0 Å². The van der Waals surface area contributed by atoms with Gasteiger partial charge >= 0.3 is 5.97 Å². The highest BCUT2D eigenvalue weighted by molar-refractivity contribution is 6.01. The van der Waals surface area contributed by atoms with Crippen LogP contribution >= 0.6 is 0 Å². The minimum absolute atomic E-state index is 0.201. The minimum Gasteiger partial charge on any atom is -0.467 e. The number of amides is 1. The smallest absolute Gasteiger partial charge is 0.328 e. The summed E-state index contributed by atoms with van der Waals surface area (Å²) >= 11 is 0. The lowest BCUT2D eigenvalue weighted by Gasteiger charge is -2.25. The summed E-state index contributed by atoms with van der Waals surface area (Å²) in [5.74, 6) is -1.11. The Morgan fingerprint density at radius 3 is 2.64 bits per heavy atom. The summed E-state index contributed by atoms with van der Waals surface area (Å²) in [6, 6.07) is 5.42. The van der Waals surface area contributed by atoms with Crippen molar-refractivity contribution in [1.82, 2.24) is 29.9 Å². The number of nitrogens with one attached hydrogen (secondary N) is 2. The van der Waals surface area contributed by atoms with Gasteiger partial charge in [0.05, 0.1) is 25.3 Å². The van der Waals surface area contributed by atoms with Gasteiger partial charge in [0, 0.05) is 36.0 Å². The molecular weight excluding hydrogens is 463 g/mol. The Kier molecular flexibility index (Phi) is 6.75. The molecule has 5 rings (SSSR count). The summed E-state index contributed by atoms with van der Waals surface area (Å²) in [4.78, 5) is 37.1.